The van der Waals surface area contributed by atoms with Crippen molar-refractivity contribution < 1.29 is 60.6 Å². The van der Waals surface area contributed by atoms with Crippen molar-refractivity contribution in [1.82, 2.24) is 14.5 Å². The molecule has 16 nitrogen and oxygen atoms in total. The number of nitrogens with zero attached hydrogens (tertiary/aromatic N) is 3. The summed E-state index contributed by atoms with van der Waals surface area (Å²) in [5, 5.41) is 10.4. The lowest BCUT2D eigenvalue weighted by atomic mass is 9.99. The van der Waals surface area contributed by atoms with E-state index in [0.29, 0.717) is 0 Å². The number of aliphatic hydroxyl groups is 1. The van der Waals surface area contributed by atoms with E-state index in [1.165, 1.54) is 12.3 Å². The van der Waals surface area contributed by atoms with E-state index >= 15 is 0 Å². The van der Waals surface area contributed by atoms with Crippen molar-refractivity contribution in [2.75, 3.05) is 18.2 Å². The van der Waals surface area contributed by atoms with Gasteiger partial charge in [-0.25, -0.2) is 28.1 Å². The van der Waals surface area contributed by atoms with Gasteiger partial charge in [-0.15, -0.1) is 11.6 Å². The molecule has 1 aliphatic rings. The van der Waals surface area contributed by atoms with Gasteiger partial charge >= 0.3 is 23.5 Å². The number of halogens is 2. The largest absolute Gasteiger partial charge is 0.490 e. The Morgan fingerprint density at radius 3 is 2.48 bits per heavy atom. The average molecular weight is 557 g/mol. The summed E-state index contributed by atoms with van der Waals surface area (Å²) in [6.45, 7) is -1.17. The number of phosphoric acid groups is 3. The van der Waals surface area contributed by atoms with E-state index in [0.717, 1.165) is 10.9 Å². The van der Waals surface area contributed by atoms with Crippen molar-refractivity contribution in [3.05, 3.63) is 18.6 Å². The Morgan fingerprint density at radius 1 is 1.21 bits per heavy atom. The van der Waals surface area contributed by atoms with Crippen LogP contribution in [0.25, 0.3) is 11.2 Å². The zero-order valence-electron chi connectivity index (χ0n) is 16.0. The van der Waals surface area contributed by atoms with Gasteiger partial charge in [0.2, 0.25) is 0 Å². The molecule has 1 saturated heterocycles. The van der Waals surface area contributed by atoms with Crippen LogP contribution >= 0.6 is 35.1 Å². The Balaban J connectivity index is 1.80. The van der Waals surface area contributed by atoms with Crippen molar-refractivity contribution >= 4 is 51.9 Å². The van der Waals surface area contributed by atoms with E-state index in [4.69, 9.17) is 31.9 Å². The van der Waals surface area contributed by atoms with Crippen LogP contribution in [0.2, 0.25) is 0 Å². The molecule has 0 saturated carbocycles. The third-order valence-corrected chi connectivity index (χ3v) is 8.58. The summed E-state index contributed by atoms with van der Waals surface area (Å²) in [5.41, 5.74) is 4.12. The van der Waals surface area contributed by atoms with Crippen LogP contribution in [0.3, 0.4) is 0 Å². The first-order valence-electron chi connectivity index (χ1n) is 8.51. The lowest BCUT2D eigenvalue weighted by molar-refractivity contribution is -0.111. The second kappa shape index (κ2) is 9.21. The molecule has 0 amide bonds. The van der Waals surface area contributed by atoms with Gasteiger partial charge in [0, 0.05) is 6.20 Å². The van der Waals surface area contributed by atoms with Crippen LogP contribution in [-0.4, -0.2) is 69.6 Å². The first-order valence-corrected chi connectivity index (χ1v) is 13.6. The number of nitrogens with two attached hydrogens (primary N) is 1. The molecule has 6 atom stereocenters. The maximum absolute atomic E-state index is 15.0. The van der Waals surface area contributed by atoms with Gasteiger partial charge in [-0.2, -0.15) is 8.62 Å². The number of imidazole rings is 1. The van der Waals surface area contributed by atoms with E-state index in [2.05, 4.69) is 23.1 Å². The molecular formula is C12H17ClFN4O12P3. The smallest absolute Gasteiger partial charge is 0.397 e. The van der Waals surface area contributed by atoms with Crippen molar-refractivity contribution in [3.8, 4) is 0 Å². The number of alkyl halides is 2. The zero-order valence-corrected chi connectivity index (χ0v) is 19.4. The van der Waals surface area contributed by atoms with Crippen LogP contribution in [0.1, 0.15) is 6.23 Å². The highest BCUT2D eigenvalue weighted by atomic mass is 35.5. The molecule has 0 aliphatic carbocycles. The molecule has 3 rings (SSSR count). The molecule has 21 heteroatoms. The summed E-state index contributed by atoms with van der Waals surface area (Å²) >= 11 is 5.81. The van der Waals surface area contributed by atoms with Gasteiger partial charge in [0.25, 0.3) is 0 Å². The first kappa shape index (κ1) is 26.6. The topological polar surface area (TPSA) is 246 Å². The molecule has 1 fully saturated rings. The number of anilines is 1. The minimum atomic E-state index is -5.78. The van der Waals surface area contributed by atoms with Gasteiger partial charge in [-0.1, -0.05) is 0 Å². The maximum Gasteiger partial charge on any atom is 0.490 e. The van der Waals surface area contributed by atoms with Crippen LogP contribution < -0.4 is 5.73 Å². The molecule has 0 radical (unpaired) electrons. The SMILES string of the molecule is Nc1ccnc2c1ncn2[C@@H]1O[C@](CCl)(COP(=O)(O)OP(=O)(O)OP(=O)(O)O)[C@@H](O)[C@H]1F. The number of pyridine rings is 1. The third kappa shape index (κ3) is 5.80. The molecule has 0 spiro atoms. The summed E-state index contributed by atoms with van der Waals surface area (Å²) in [7, 11) is -17.0. The van der Waals surface area contributed by atoms with Crippen LogP contribution in [-0.2, 0) is 31.6 Å². The number of nitrogen functional groups attached to an aromatic ring is 1. The van der Waals surface area contributed by atoms with Gasteiger partial charge in [0.1, 0.15) is 17.2 Å². The lowest BCUT2D eigenvalue weighted by Gasteiger charge is -2.29. The summed E-state index contributed by atoms with van der Waals surface area (Å²) in [6.07, 6.45) is -3.38. The Hall–Kier alpha value is -1.03. The highest BCUT2D eigenvalue weighted by Gasteiger charge is 2.57. The molecule has 186 valence electrons. The molecule has 0 bridgehead atoms. The minimum Gasteiger partial charge on any atom is -0.397 e. The fourth-order valence-electron chi connectivity index (χ4n) is 2.93. The lowest BCUT2D eigenvalue weighted by Crippen LogP contribution is -2.47. The number of phosphoric ester groups is 1. The summed E-state index contributed by atoms with van der Waals surface area (Å²) < 4.78 is 67.3. The highest BCUT2D eigenvalue weighted by Crippen LogP contribution is 2.66. The van der Waals surface area contributed by atoms with E-state index in [-0.39, 0.29) is 16.9 Å². The van der Waals surface area contributed by atoms with Gasteiger partial charge in [0.05, 0.1) is 24.5 Å². The zero-order chi connectivity index (χ0) is 24.8. The summed E-state index contributed by atoms with van der Waals surface area (Å²) in [5.74, 6) is -0.705. The standard InChI is InChI=1S/C12H17ClFN4O12P3/c13-3-12(4-27-32(23,24)30-33(25,26)29-31(20,21)22)9(19)7(14)11(28-12)18-5-17-8-6(15)1-2-16-10(8)18/h1-2,5,7,9,11,19H,3-4H2,(H2,15,16)(H,23,24)(H,25,26)(H2,20,21,22)/t7-,9+,11-,12-/m1/s1. The molecule has 3 heterocycles. The van der Waals surface area contributed by atoms with Crippen LogP contribution in [0, 0.1) is 0 Å². The molecule has 0 aromatic carbocycles. The summed E-state index contributed by atoms with van der Waals surface area (Å²) in [4.78, 5) is 43.9. The Kier molecular flexibility index (Phi) is 7.41. The predicted octanol–water partition coefficient (Wildman–Crippen LogP) is 0.562. The van der Waals surface area contributed by atoms with Crippen LogP contribution in [0.5, 0.6) is 0 Å². The van der Waals surface area contributed by atoms with E-state index in [9.17, 15) is 33.0 Å². The van der Waals surface area contributed by atoms with E-state index in [1.54, 1.807) is 0 Å². The number of aliphatic hydroxyl groups excluding tert-OH is 1. The van der Waals surface area contributed by atoms with Crippen LogP contribution in [0.4, 0.5) is 10.1 Å². The molecule has 33 heavy (non-hydrogen) atoms. The van der Waals surface area contributed by atoms with Crippen molar-refractivity contribution in [3.63, 3.8) is 0 Å². The maximum atomic E-state index is 15.0. The number of hydrogen-bond donors (Lipinski definition) is 6. The number of aromatic nitrogens is 3. The third-order valence-electron chi connectivity index (χ3n) is 4.35. The van der Waals surface area contributed by atoms with Crippen molar-refractivity contribution in [2.45, 2.75) is 24.1 Å². The second-order valence-corrected chi connectivity index (χ2v) is 11.4. The average Bonchev–Trinajstić information content (AvgIpc) is 3.19. The molecule has 1 aliphatic heterocycles. The fraction of sp³-hybridized carbons (Fsp3) is 0.500. The van der Waals surface area contributed by atoms with E-state index < -0.39 is 60.1 Å². The first-order chi connectivity index (χ1) is 15.1. The number of hydrogen-bond acceptors (Lipinski definition) is 11. The molecule has 2 aromatic rings. The Morgan fingerprint density at radius 2 is 1.88 bits per heavy atom. The number of rotatable bonds is 9. The van der Waals surface area contributed by atoms with Crippen LogP contribution in [0.15, 0.2) is 18.6 Å². The second-order valence-electron chi connectivity index (χ2n) is 6.68. The normalized spacial score (nSPS) is 29.7. The Bertz CT molecular complexity index is 1180. The predicted molar refractivity (Wildman–Crippen MR) is 106 cm³/mol. The molecular weight excluding hydrogens is 540 g/mol. The van der Waals surface area contributed by atoms with Gasteiger partial charge in [-0.05, 0) is 6.07 Å². The summed E-state index contributed by atoms with van der Waals surface area (Å²) in [6, 6.07) is 1.45. The van der Waals surface area contributed by atoms with Crippen molar-refractivity contribution in [1.29, 1.82) is 0 Å². The van der Waals surface area contributed by atoms with Gasteiger partial charge in [0.15, 0.2) is 18.0 Å². The monoisotopic (exact) mass is 556 g/mol. The fourth-order valence-corrected chi connectivity index (χ4v) is 6.31. The molecule has 7 N–H and O–H groups in total. The van der Waals surface area contributed by atoms with Gasteiger partial charge < -0.3 is 35.2 Å². The molecule has 2 unspecified atom stereocenters. The number of ether oxygens (including phenoxy) is 1. The number of fused-ring (bicyclic) bond motifs is 1. The molecule has 2 aromatic heterocycles. The van der Waals surface area contributed by atoms with Gasteiger partial charge in [-0.3, -0.25) is 9.09 Å². The Labute approximate surface area is 188 Å². The minimum absolute atomic E-state index is 0.0908. The highest BCUT2D eigenvalue weighted by molar-refractivity contribution is 7.66. The quantitative estimate of drug-likeness (QED) is 0.182. The van der Waals surface area contributed by atoms with E-state index in [1.807, 2.05) is 0 Å². The van der Waals surface area contributed by atoms with Crippen molar-refractivity contribution in [2.24, 2.45) is 0 Å².